The zero-order valence-electron chi connectivity index (χ0n) is 17.1. The van der Waals surface area contributed by atoms with Gasteiger partial charge >= 0.3 is 0 Å². The second-order valence-electron chi connectivity index (χ2n) is 7.73. The average molecular weight is 437 g/mol. The number of likely N-dealkylation sites (N-methyl/N-ethyl adjacent to an activating group) is 1. The van der Waals surface area contributed by atoms with Gasteiger partial charge in [0.05, 0.1) is 28.5 Å². The molecule has 10 heteroatoms. The quantitative estimate of drug-likeness (QED) is 0.444. The molecule has 4 aromatic rings. The number of H-pyrrole nitrogens is 1. The molecule has 158 valence electrons. The van der Waals surface area contributed by atoms with E-state index in [2.05, 4.69) is 35.8 Å². The molecular weight excluding hydrogens is 416 g/mol. The van der Waals surface area contributed by atoms with Crippen molar-refractivity contribution in [3.05, 3.63) is 53.2 Å². The summed E-state index contributed by atoms with van der Waals surface area (Å²) in [6.07, 6.45) is 1.69. The lowest BCUT2D eigenvalue weighted by atomic mass is 10.1. The Labute approximate surface area is 183 Å². The lowest BCUT2D eigenvalue weighted by Gasteiger charge is -2.36. The van der Waals surface area contributed by atoms with Gasteiger partial charge < -0.3 is 15.5 Å². The van der Waals surface area contributed by atoms with Crippen molar-refractivity contribution >= 4 is 40.0 Å². The summed E-state index contributed by atoms with van der Waals surface area (Å²) in [5.74, 6) is 1.04. The summed E-state index contributed by atoms with van der Waals surface area (Å²) < 4.78 is 1.65. The zero-order valence-corrected chi connectivity index (χ0v) is 17.8. The highest BCUT2D eigenvalue weighted by molar-refractivity contribution is 6.38. The highest BCUT2D eigenvalue weighted by atomic mass is 35.5. The van der Waals surface area contributed by atoms with Crippen LogP contribution in [0.25, 0.3) is 22.3 Å². The van der Waals surface area contributed by atoms with Crippen LogP contribution < -0.4 is 10.6 Å². The number of aryl methyl sites for hydroxylation is 1. The van der Waals surface area contributed by atoms with E-state index in [1.807, 2.05) is 31.3 Å². The normalized spacial score (nSPS) is 14.5. The summed E-state index contributed by atoms with van der Waals surface area (Å²) in [5, 5.41) is 19.0. The Morgan fingerprint density at radius 1 is 1.16 bits per heavy atom. The molecule has 0 saturated carbocycles. The summed E-state index contributed by atoms with van der Waals surface area (Å²) in [7, 11) is 3.84. The van der Waals surface area contributed by atoms with Gasteiger partial charge in [0.15, 0.2) is 5.82 Å². The fraction of sp³-hybridized carbons (Fsp3) is 0.238. The molecule has 31 heavy (non-hydrogen) atoms. The van der Waals surface area contributed by atoms with Crippen molar-refractivity contribution in [3.8, 4) is 11.4 Å². The molecule has 0 spiro atoms. The predicted octanol–water partition coefficient (Wildman–Crippen LogP) is 2.80. The summed E-state index contributed by atoms with van der Waals surface area (Å²) in [4.78, 5) is 19.1. The van der Waals surface area contributed by atoms with Crippen molar-refractivity contribution in [2.75, 3.05) is 25.5 Å². The molecule has 0 radical (unpaired) electrons. The van der Waals surface area contributed by atoms with Crippen LogP contribution >= 0.6 is 11.6 Å². The highest BCUT2D eigenvalue weighted by Crippen LogP contribution is 2.32. The van der Waals surface area contributed by atoms with E-state index in [0.29, 0.717) is 28.0 Å². The smallest absolute Gasteiger partial charge is 0.251 e. The number of likely N-dealkylation sites (tertiary alicyclic amines) is 1. The van der Waals surface area contributed by atoms with E-state index < -0.39 is 0 Å². The van der Waals surface area contributed by atoms with Crippen molar-refractivity contribution in [3.63, 3.8) is 0 Å². The van der Waals surface area contributed by atoms with E-state index in [4.69, 9.17) is 11.6 Å². The van der Waals surface area contributed by atoms with E-state index in [1.54, 1.807) is 30.1 Å². The van der Waals surface area contributed by atoms with Gasteiger partial charge in [-0.25, -0.2) is 4.68 Å². The van der Waals surface area contributed by atoms with Crippen molar-refractivity contribution < 1.29 is 4.79 Å². The maximum Gasteiger partial charge on any atom is 0.251 e. The van der Waals surface area contributed by atoms with Gasteiger partial charge in [0.2, 0.25) is 5.95 Å². The minimum Gasteiger partial charge on any atom is -0.347 e. The number of anilines is 2. The third kappa shape index (κ3) is 3.73. The van der Waals surface area contributed by atoms with Crippen molar-refractivity contribution in [1.82, 2.24) is 35.2 Å². The first-order valence-electron chi connectivity index (χ1n) is 9.87. The number of carbonyl (C=O) groups excluding carboxylic acids is 1. The van der Waals surface area contributed by atoms with Crippen LogP contribution in [-0.2, 0) is 7.05 Å². The van der Waals surface area contributed by atoms with Gasteiger partial charge in [0, 0.05) is 36.7 Å². The standard InChI is InChI=1S/C21H21ClN8O/c1-29-10-14(11-29)24-20(31)13-5-3-12(4-6-13)19-26-21(30(2)28-19)25-17-8-7-16-15(18(17)22)9-23-27-16/h3-9,14H,10-11H2,1-2H3,(H,23,27)(H,24,31)(H,25,26,28). The van der Waals surface area contributed by atoms with Gasteiger partial charge in [-0.1, -0.05) is 23.7 Å². The number of carbonyl (C=O) groups is 1. The first kappa shape index (κ1) is 19.5. The molecule has 3 heterocycles. The maximum absolute atomic E-state index is 12.4. The highest BCUT2D eigenvalue weighted by Gasteiger charge is 2.25. The van der Waals surface area contributed by atoms with Crippen molar-refractivity contribution in [2.45, 2.75) is 6.04 Å². The number of nitrogens with one attached hydrogen (secondary N) is 3. The molecule has 1 fully saturated rings. The Balaban J connectivity index is 1.33. The number of aromatic amines is 1. The number of benzene rings is 2. The maximum atomic E-state index is 12.4. The molecule has 2 aromatic carbocycles. The number of fused-ring (bicyclic) bond motifs is 1. The van der Waals surface area contributed by atoms with Gasteiger partial charge in [0.25, 0.3) is 5.91 Å². The van der Waals surface area contributed by atoms with Crippen LogP contribution in [0.1, 0.15) is 10.4 Å². The molecule has 1 saturated heterocycles. The molecule has 1 aliphatic rings. The lowest BCUT2D eigenvalue weighted by Crippen LogP contribution is -2.57. The average Bonchev–Trinajstić information content (AvgIpc) is 3.36. The van der Waals surface area contributed by atoms with Crippen molar-refractivity contribution in [1.29, 1.82) is 0 Å². The first-order chi connectivity index (χ1) is 15.0. The number of amides is 1. The summed E-state index contributed by atoms with van der Waals surface area (Å²) >= 11 is 6.49. The van der Waals surface area contributed by atoms with Crippen LogP contribution in [0.3, 0.4) is 0 Å². The predicted molar refractivity (Wildman–Crippen MR) is 120 cm³/mol. The van der Waals surface area contributed by atoms with Gasteiger partial charge in [-0.05, 0) is 31.3 Å². The number of rotatable bonds is 5. The van der Waals surface area contributed by atoms with Gasteiger partial charge in [-0.2, -0.15) is 10.1 Å². The van der Waals surface area contributed by atoms with Gasteiger partial charge in [-0.15, -0.1) is 5.10 Å². The third-order valence-electron chi connectivity index (χ3n) is 5.37. The van der Waals surface area contributed by atoms with Crippen LogP contribution in [0.5, 0.6) is 0 Å². The van der Waals surface area contributed by atoms with E-state index in [1.165, 1.54) is 0 Å². The lowest BCUT2D eigenvalue weighted by molar-refractivity contribution is 0.0858. The number of hydrogen-bond donors (Lipinski definition) is 3. The molecular formula is C21H21ClN8O. The summed E-state index contributed by atoms with van der Waals surface area (Å²) in [6, 6.07) is 11.3. The Morgan fingerprint density at radius 3 is 2.68 bits per heavy atom. The van der Waals surface area contributed by atoms with Crippen molar-refractivity contribution in [2.24, 2.45) is 7.05 Å². The molecule has 9 nitrogen and oxygen atoms in total. The van der Waals surface area contributed by atoms with Crippen LogP contribution in [0, 0.1) is 0 Å². The fourth-order valence-electron chi connectivity index (χ4n) is 3.65. The van der Waals surface area contributed by atoms with Gasteiger partial charge in [-0.3, -0.25) is 9.89 Å². The van der Waals surface area contributed by atoms with Crippen LogP contribution in [0.2, 0.25) is 5.02 Å². The number of halogens is 1. The number of aromatic nitrogens is 5. The van der Waals surface area contributed by atoms with Crippen LogP contribution in [-0.4, -0.2) is 61.9 Å². The zero-order chi connectivity index (χ0) is 21.5. The van der Waals surface area contributed by atoms with E-state index >= 15 is 0 Å². The molecule has 0 unspecified atom stereocenters. The SMILES string of the molecule is CN1CC(NC(=O)c2ccc(-c3nc(Nc4ccc5[nH]ncc5c4Cl)n(C)n3)cc2)C1. The topological polar surface area (TPSA) is 104 Å². The Hall–Kier alpha value is -3.43. The minimum absolute atomic E-state index is 0.0646. The second kappa shape index (κ2) is 7.68. The Kier molecular flexibility index (Phi) is 4.84. The first-order valence-corrected chi connectivity index (χ1v) is 10.3. The Bertz CT molecular complexity index is 1260. The number of hydrogen-bond acceptors (Lipinski definition) is 6. The molecule has 2 aromatic heterocycles. The van der Waals surface area contributed by atoms with Gasteiger partial charge in [0.1, 0.15) is 0 Å². The summed E-state index contributed by atoms with van der Waals surface area (Å²) in [6.45, 7) is 1.77. The molecule has 1 aliphatic heterocycles. The minimum atomic E-state index is -0.0646. The second-order valence-corrected chi connectivity index (χ2v) is 8.11. The fourth-order valence-corrected chi connectivity index (χ4v) is 3.91. The number of nitrogens with zero attached hydrogens (tertiary/aromatic N) is 5. The monoisotopic (exact) mass is 436 g/mol. The molecule has 1 amide bonds. The largest absolute Gasteiger partial charge is 0.347 e. The van der Waals surface area contributed by atoms with Crippen LogP contribution in [0.4, 0.5) is 11.6 Å². The van der Waals surface area contributed by atoms with E-state index in [-0.39, 0.29) is 11.9 Å². The molecule has 0 atom stereocenters. The molecule has 3 N–H and O–H groups in total. The Morgan fingerprint density at radius 2 is 1.94 bits per heavy atom. The van der Waals surface area contributed by atoms with E-state index in [9.17, 15) is 4.79 Å². The third-order valence-corrected chi connectivity index (χ3v) is 5.78. The van der Waals surface area contributed by atoms with E-state index in [0.717, 1.165) is 29.6 Å². The summed E-state index contributed by atoms with van der Waals surface area (Å²) in [5.41, 5.74) is 3.02. The van der Waals surface area contributed by atoms with Crippen LogP contribution in [0.15, 0.2) is 42.6 Å². The molecule has 5 rings (SSSR count). The molecule has 0 aliphatic carbocycles. The molecule has 0 bridgehead atoms.